The predicted octanol–water partition coefficient (Wildman–Crippen LogP) is 17.8. The highest BCUT2D eigenvalue weighted by molar-refractivity contribution is 8.00. The molecule has 0 bridgehead atoms. The molecule has 0 radical (unpaired) electrons. The van der Waals surface area contributed by atoms with Gasteiger partial charge in [-0.25, -0.2) is 0 Å². The molecule has 3 heterocycles. The van der Waals surface area contributed by atoms with Crippen molar-refractivity contribution in [1.82, 2.24) is 4.57 Å². The van der Waals surface area contributed by atoms with Crippen LogP contribution in [0.15, 0.2) is 265 Å². The summed E-state index contributed by atoms with van der Waals surface area (Å²) in [5, 5.41) is 7.52. The average molecular weight is 987 g/mol. The summed E-state index contributed by atoms with van der Waals surface area (Å²) in [6, 6.07) is 95.4. The van der Waals surface area contributed by atoms with Gasteiger partial charge in [-0.2, -0.15) is 0 Å². The number of rotatable bonds is 6. The number of hydrogen-bond donors (Lipinski definition) is 0. The van der Waals surface area contributed by atoms with Crippen molar-refractivity contribution in [1.29, 1.82) is 0 Å². The summed E-state index contributed by atoms with van der Waals surface area (Å²) < 4.78 is 2.46. The monoisotopic (exact) mass is 986 g/mol. The van der Waals surface area contributed by atoms with Crippen LogP contribution in [-0.2, 0) is 5.41 Å². The average Bonchev–Trinajstić information content (AvgIpc) is 3.88. The van der Waals surface area contributed by atoms with E-state index in [1.807, 2.05) is 11.8 Å². The third-order valence-corrected chi connectivity index (χ3v) is 17.3. The van der Waals surface area contributed by atoms with Gasteiger partial charge in [0, 0.05) is 48.8 Å². The molecular weight excluding hydrogens is 936 g/mol. The summed E-state index contributed by atoms with van der Waals surface area (Å²) in [6.07, 6.45) is 0. The fourth-order valence-corrected chi connectivity index (χ4v) is 14.0. The molecule has 0 spiro atoms. The topological polar surface area (TPSA) is 8.17 Å². The van der Waals surface area contributed by atoms with Gasteiger partial charge in [0.1, 0.15) is 0 Å². The molecule has 0 N–H and O–H groups in total. The summed E-state index contributed by atoms with van der Waals surface area (Å²) in [6.45, 7) is 7.06. The number of benzene rings is 12. The maximum Gasteiger partial charge on any atom is 0.249 e. The van der Waals surface area contributed by atoms with Crippen LogP contribution in [0.1, 0.15) is 26.3 Å². The van der Waals surface area contributed by atoms with Gasteiger partial charge in [0.25, 0.3) is 0 Å². The smallest absolute Gasteiger partial charge is 0.249 e. The van der Waals surface area contributed by atoms with Crippen LogP contribution in [0.5, 0.6) is 0 Å². The van der Waals surface area contributed by atoms with Crippen molar-refractivity contribution in [3.05, 3.63) is 260 Å². The standard InChI is InChI=1S/C72H51BN2S/c1-72(2,3)50-43-65-70-67(44-50)76-66-45-51(74-62-36-19-17-28-54(62)55-29-18-20-37-63(55)74)39-41-61(66)73(70)60-40-38-49(69-58-32-15-13-30-56(58)68(48-26-11-6-12-27-48)57-31-14-16-33-59(57)69)42-64(60)75(65)71-52(46-22-7-4-8-23-46)34-21-35-53(71)47-24-9-5-10-25-47/h4-45H,1-3H3. The fourth-order valence-electron chi connectivity index (χ4n) is 12.7. The number of fused-ring (bicyclic) bond motifs is 9. The van der Waals surface area contributed by atoms with Gasteiger partial charge in [-0.1, -0.05) is 250 Å². The molecule has 0 saturated heterocycles. The van der Waals surface area contributed by atoms with Crippen molar-refractivity contribution in [2.45, 2.75) is 36.0 Å². The number of para-hydroxylation sites is 3. The summed E-state index contributed by atoms with van der Waals surface area (Å²) >= 11 is 1.94. The summed E-state index contributed by atoms with van der Waals surface area (Å²) in [5.74, 6) is 0. The van der Waals surface area contributed by atoms with Crippen LogP contribution >= 0.6 is 11.8 Å². The largest absolute Gasteiger partial charge is 0.310 e. The Hall–Kier alpha value is -8.83. The van der Waals surface area contributed by atoms with E-state index in [0.29, 0.717) is 0 Å². The van der Waals surface area contributed by atoms with Crippen LogP contribution in [-0.4, -0.2) is 11.3 Å². The first-order valence-electron chi connectivity index (χ1n) is 26.5. The second-order valence-corrected chi connectivity index (χ2v) is 22.6. The van der Waals surface area contributed by atoms with Crippen LogP contribution in [0.25, 0.3) is 93.5 Å². The lowest BCUT2D eigenvalue weighted by molar-refractivity contribution is 0.589. The fraction of sp³-hybridized carbons (Fsp3) is 0.0556. The first-order chi connectivity index (χ1) is 37.4. The Morgan fingerprint density at radius 1 is 0.368 bits per heavy atom. The summed E-state index contributed by atoms with van der Waals surface area (Å²) in [4.78, 5) is 5.28. The Labute approximate surface area is 448 Å². The molecule has 15 rings (SSSR count). The molecule has 0 aliphatic carbocycles. The molecule has 0 fully saturated rings. The molecular formula is C72H51BN2S. The van der Waals surface area contributed by atoms with Crippen molar-refractivity contribution in [2.24, 2.45) is 0 Å². The van der Waals surface area contributed by atoms with Crippen LogP contribution < -0.4 is 21.3 Å². The minimum Gasteiger partial charge on any atom is -0.310 e. The second-order valence-electron chi connectivity index (χ2n) is 21.5. The number of anilines is 3. The molecule has 12 aromatic carbocycles. The molecule has 13 aromatic rings. The molecule has 0 atom stereocenters. The minimum atomic E-state index is -0.139. The van der Waals surface area contributed by atoms with E-state index >= 15 is 0 Å². The number of nitrogens with zero attached hydrogens (tertiary/aromatic N) is 2. The summed E-state index contributed by atoms with van der Waals surface area (Å²) in [7, 11) is 0. The lowest BCUT2D eigenvalue weighted by atomic mass is 9.34. The first-order valence-corrected chi connectivity index (χ1v) is 27.3. The van der Waals surface area contributed by atoms with Gasteiger partial charge >= 0.3 is 0 Å². The molecule has 0 unspecified atom stereocenters. The Morgan fingerprint density at radius 3 is 1.41 bits per heavy atom. The summed E-state index contributed by atoms with van der Waals surface area (Å²) in [5.41, 5.74) is 22.1. The zero-order chi connectivity index (χ0) is 50.6. The molecule has 0 saturated carbocycles. The van der Waals surface area contributed by atoms with Gasteiger partial charge < -0.3 is 9.47 Å². The lowest BCUT2D eigenvalue weighted by Crippen LogP contribution is -2.60. The molecule has 4 heteroatoms. The van der Waals surface area contributed by atoms with Crippen molar-refractivity contribution in [3.8, 4) is 50.2 Å². The van der Waals surface area contributed by atoms with Gasteiger partial charge in [0.05, 0.1) is 16.7 Å². The van der Waals surface area contributed by atoms with Gasteiger partial charge in [-0.3, -0.25) is 0 Å². The maximum absolute atomic E-state index is 2.68. The Kier molecular flexibility index (Phi) is 10.2. The van der Waals surface area contributed by atoms with Gasteiger partial charge in [0.2, 0.25) is 6.71 Å². The zero-order valence-electron chi connectivity index (χ0n) is 42.6. The van der Waals surface area contributed by atoms with Crippen molar-refractivity contribution < 1.29 is 0 Å². The highest BCUT2D eigenvalue weighted by Gasteiger charge is 2.43. The third-order valence-electron chi connectivity index (χ3n) is 16.2. The molecule has 2 nitrogen and oxygen atoms in total. The predicted molar refractivity (Wildman–Crippen MR) is 326 cm³/mol. The Balaban J connectivity index is 1.05. The molecule has 0 amide bonds. The quantitative estimate of drug-likeness (QED) is 0.121. The van der Waals surface area contributed by atoms with E-state index in [1.165, 1.54) is 142 Å². The minimum absolute atomic E-state index is 0.0271. The Morgan fingerprint density at radius 2 is 0.855 bits per heavy atom. The van der Waals surface area contributed by atoms with E-state index in [0.717, 1.165) is 0 Å². The lowest BCUT2D eigenvalue weighted by Gasteiger charge is -2.43. The number of aromatic nitrogens is 1. The van der Waals surface area contributed by atoms with Crippen LogP contribution in [0.2, 0.25) is 0 Å². The first kappa shape index (κ1) is 44.6. The van der Waals surface area contributed by atoms with E-state index in [-0.39, 0.29) is 12.1 Å². The molecule has 2 aliphatic rings. The zero-order valence-corrected chi connectivity index (χ0v) is 43.4. The highest BCUT2D eigenvalue weighted by atomic mass is 32.2. The van der Waals surface area contributed by atoms with E-state index in [9.17, 15) is 0 Å². The second kappa shape index (κ2) is 17.4. The van der Waals surface area contributed by atoms with E-state index in [2.05, 4.69) is 285 Å². The molecule has 1 aromatic heterocycles. The Bertz CT molecular complexity index is 4310. The van der Waals surface area contributed by atoms with E-state index < -0.39 is 0 Å². The molecule has 2 aliphatic heterocycles. The van der Waals surface area contributed by atoms with Crippen LogP contribution in [0.3, 0.4) is 0 Å². The van der Waals surface area contributed by atoms with E-state index in [4.69, 9.17) is 0 Å². The van der Waals surface area contributed by atoms with Crippen molar-refractivity contribution in [2.75, 3.05) is 4.90 Å². The van der Waals surface area contributed by atoms with Gasteiger partial charge in [-0.15, -0.1) is 0 Å². The van der Waals surface area contributed by atoms with Gasteiger partial charge in [-0.05, 0) is 119 Å². The molecule has 358 valence electrons. The molecule has 76 heavy (non-hydrogen) atoms. The maximum atomic E-state index is 2.68. The van der Waals surface area contributed by atoms with E-state index in [1.54, 1.807) is 0 Å². The normalized spacial score (nSPS) is 12.8. The van der Waals surface area contributed by atoms with Crippen LogP contribution in [0, 0.1) is 0 Å². The SMILES string of the molecule is CC(C)(C)c1cc2c3c(c1)N(c1c(-c4ccccc4)cccc1-c1ccccc1)c1cc(-c4c5ccccc5c(-c5ccccc5)c5ccccc45)ccc1B3c1ccc(-n3c4ccccc4c4ccccc43)cc1S2. The van der Waals surface area contributed by atoms with Crippen LogP contribution in [0.4, 0.5) is 17.1 Å². The highest BCUT2D eigenvalue weighted by Crippen LogP contribution is 2.52. The van der Waals surface area contributed by atoms with Gasteiger partial charge in [0.15, 0.2) is 0 Å². The van der Waals surface area contributed by atoms with Crippen molar-refractivity contribution >= 4 is 95.3 Å². The van der Waals surface area contributed by atoms with Crippen molar-refractivity contribution in [3.63, 3.8) is 0 Å². The number of hydrogen-bond acceptors (Lipinski definition) is 2. The third kappa shape index (κ3) is 6.90.